The van der Waals surface area contributed by atoms with Crippen molar-refractivity contribution in [3.63, 3.8) is 0 Å². The molecule has 4 heterocycles. The topological polar surface area (TPSA) is 181 Å². The molecule has 4 aliphatic rings. The van der Waals surface area contributed by atoms with E-state index < -0.39 is 104 Å². The summed E-state index contributed by atoms with van der Waals surface area (Å²) in [6.45, 7) is 3.04. The Morgan fingerprint density at radius 2 is 1.01 bits per heavy atom. The fraction of sp³-hybridized carbons (Fsp3) is 0.409. The van der Waals surface area contributed by atoms with Crippen molar-refractivity contribution in [1.29, 1.82) is 0 Å². The van der Waals surface area contributed by atoms with Gasteiger partial charge in [-0.1, -0.05) is 45.6 Å². The van der Waals surface area contributed by atoms with Crippen molar-refractivity contribution >= 4 is 35.1 Å². The number of nitrogens with zero attached hydrogens (tertiary/aromatic N) is 6. The molecule has 10 rings (SSSR count). The maximum atomic E-state index is 14.6. The van der Waals surface area contributed by atoms with Gasteiger partial charge in [-0.3, -0.25) is 9.36 Å². The molecule has 2 N–H and O–H groups in total. The van der Waals surface area contributed by atoms with Gasteiger partial charge in [0.25, 0.3) is 0 Å². The number of esters is 2. The number of aliphatic hydroxyl groups is 2. The van der Waals surface area contributed by atoms with Crippen LogP contribution in [0.2, 0.25) is 10.0 Å². The van der Waals surface area contributed by atoms with Crippen LogP contribution in [-0.4, -0.2) is 75.4 Å². The van der Waals surface area contributed by atoms with Crippen LogP contribution in [0.4, 0.5) is 35.1 Å². The fourth-order valence-corrected chi connectivity index (χ4v) is 8.85. The van der Waals surface area contributed by atoms with E-state index >= 15 is 0 Å². The predicted octanol–water partition coefficient (Wildman–Crippen LogP) is 10.8. The Balaban J connectivity index is 0.000000170. The molecule has 0 atom stereocenters. The Bertz CT molecular complexity index is 2700. The molecule has 0 bridgehead atoms. The lowest BCUT2D eigenvalue weighted by Gasteiger charge is -2.41. The molecule has 0 amide bonds. The molecule has 6 aromatic rings. The number of hydrogen-bond acceptors (Lipinski definition) is 12. The molecule has 4 aliphatic carbocycles. The molecule has 0 spiro atoms. The summed E-state index contributed by atoms with van der Waals surface area (Å²) in [6, 6.07) is 6.13. The predicted molar refractivity (Wildman–Crippen MR) is 221 cm³/mol. The highest BCUT2D eigenvalue weighted by molar-refractivity contribution is 6.34. The van der Waals surface area contributed by atoms with Crippen LogP contribution in [-0.2, 0) is 21.8 Å². The van der Waals surface area contributed by atoms with Crippen molar-refractivity contribution in [3.8, 4) is 45.2 Å². The first-order valence-electron chi connectivity index (χ1n) is 21.0. The third kappa shape index (κ3) is 9.09. The minimum atomic E-state index is -4.88. The summed E-state index contributed by atoms with van der Waals surface area (Å²) in [4.78, 5) is 26.0. The molecule has 0 saturated heterocycles. The first kappa shape index (κ1) is 47.2. The van der Waals surface area contributed by atoms with Crippen molar-refractivity contribution < 1.29 is 73.4 Å². The van der Waals surface area contributed by atoms with Gasteiger partial charge < -0.3 is 28.7 Å². The molecule has 2 aromatic carbocycles. The second-order valence-electron chi connectivity index (χ2n) is 17.7. The van der Waals surface area contributed by atoms with Crippen molar-refractivity contribution in [2.24, 2.45) is 0 Å². The molecule has 4 fully saturated rings. The molecule has 0 unspecified atom stereocenters. The fourth-order valence-electron chi connectivity index (χ4n) is 8.34. The molecule has 360 valence electrons. The van der Waals surface area contributed by atoms with Crippen LogP contribution in [0.1, 0.15) is 109 Å². The standard InChI is InChI=1S/2C22H18ClF4N3O4/c2*1-21(32)7-10(8-21)30-19(22(25,26)27)12(9-28-30)18-16(20(31)33-11-5-6-11)17(29-34-18)15-13(23)3-2-4-14(15)24/h2*2-4,9-11,32H,5-8H2,1H3. The van der Waals surface area contributed by atoms with Gasteiger partial charge in [-0.2, -0.15) is 36.5 Å². The normalized spacial score (nSPS) is 22.5. The van der Waals surface area contributed by atoms with E-state index in [9.17, 15) is 54.9 Å². The molecule has 0 aliphatic heterocycles. The van der Waals surface area contributed by atoms with E-state index in [1.54, 1.807) is 0 Å². The van der Waals surface area contributed by atoms with Gasteiger partial charge in [0.15, 0.2) is 22.9 Å². The Kier molecular flexibility index (Phi) is 11.8. The smallest absolute Gasteiger partial charge is 0.433 e. The van der Waals surface area contributed by atoms with E-state index in [1.807, 2.05) is 0 Å². The Labute approximate surface area is 388 Å². The van der Waals surface area contributed by atoms with Gasteiger partial charge in [0.1, 0.15) is 46.4 Å². The second kappa shape index (κ2) is 17.0. The number of rotatable bonds is 10. The summed E-state index contributed by atoms with van der Waals surface area (Å²) in [6.07, 6.45) is -6.01. The van der Waals surface area contributed by atoms with Gasteiger partial charge >= 0.3 is 24.3 Å². The van der Waals surface area contributed by atoms with E-state index in [4.69, 9.17) is 41.7 Å². The molecule has 14 nitrogen and oxygen atoms in total. The number of hydrogen-bond donors (Lipinski definition) is 2. The highest BCUT2D eigenvalue weighted by Crippen LogP contribution is 2.50. The summed E-state index contributed by atoms with van der Waals surface area (Å²) in [5.41, 5.74) is -7.88. The van der Waals surface area contributed by atoms with Crippen LogP contribution in [0.3, 0.4) is 0 Å². The number of benzene rings is 2. The van der Waals surface area contributed by atoms with Gasteiger partial charge in [0.05, 0.1) is 68.0 Å². The maximum absolute atomic E-state index is 14.6. The molecule has 24 heteroatoms. The van der Waals surface area contributed by atoms with Gasteiger partial charge in [-0.05, 0) is 89.5 Å². The lowest BCUT2D eigenvalue weighted by molar-refractivity contribution is -0.149. The third-order valence-corrected chi connectivity index (χ3v) is 12.4. The van der Waals surface area contributed by atoms with E-state index in [2.05, 4.69) is 20.5 Å². The first-order chi connectivity index (χ1) is 31.9. The molecule has 4 saturated carbocycles. The van der Waals surface area contributed by atoms with E-state index in [1.165, 1.54) is 38.1 Å². The van der Waals surface area contributed by atoms with Crippen molar-refractivity contribution in [2.45, 2.75) is 113 Å². The molecular formula is C44H36Cl2F8N6O8. The quantitative estimate of drug-likeness (QED) is 0.0981. The average Bonchev–Trinajstić information content (AvgIpc) is 3.95. The van der Waals surface area contributed by atoms with E-state index in [0.29, 0.717) is 25.7 Å². The van der Waals surface area contributed by atoms with Gasteiger partial charge in [0.2, 0.25) is 0 Å². The molecular weight excluding hydrogens is 963 g/mol. The molecule has 0 radical (unpaired) electrons. The monoisotopic (exact) mass is 998 g/mol. The van der Waals surface area contributed by atoms with Crippen molar-refractivity contribution in [3.05, 3.63) is 93.0 Å². The summed E-state index contributed by atoms with van der Waals surface area (Å²) in [5, 5.41) is 35.0. The van der Waals surface area contributed by atoms with E-state index in [0.717, 1.165) is 33.9 Å². The SMILES string of the molecule is CC1(O)CC(n2ncc(-c3onc(-c4c(F)cccc4Cl)c3C(=O)OC3CC3)c2C(F)(F)F)C1.CC1(O)CC(n2ncc(-c3onc(-c4c(F)cccc4Cl)c3C(=O)OC3CC3)c2C(F)(F)F)C1. The Morgan fingerprint density at radius 1 is 0.662 bits per heavy atom. The zero-order valence-electron chi connectivity index (χ0n) is 35.4. The highest BCUT2D eigenvalue weighted by atomic mass is 35.5. The zero-order chi connectivity index (χ0) is 48.8. The third-order valence-electron chi connectivity index (χ3n) is 11.8. The molecule has 4 aromatic heterocycles. The number of carbonyl (C=O) groups is 2. The lowest BCUT2D eigenvalue weighted by Crippen LogP contribution is -2.43. The minimum Gasteiger partial charge on any atom is -0.459 e. The summed E-state index contributed by atoms with van der Waals surface area (Å²) < 4.78 is 137. The van der Waals surface area contributed by atoms with Crippen LogP contribution in [0, 0.1) is 11.6 Å². The van der Waals surface area contributed by atoms with Crippen molar-refractivity contribution in [2.75, 3.05) is 0 Å². The van der Waals surface area contributed by atoms with Crippen LogP contribution in [0.25, 0.3) is 45.2 Å². The molecule has 68 heavy (non-hydrogen) atoms. The van der Waals surface area contributed by atoms with Crippen LogP contribution >= 0.6 is 23.2 Å². The van der Waals surface area contributed by atoms with E-state index in [-0.39, 0.29) is 70.5 Å². The number of carbonyl (C=O) groups excluding carboxylic acids is 2. The highest BCUT2D eigenvalue weighted by Gasteiger charge is 2.50. The number of ether oxygens (including phenoxy) is 2. The van der Waals surface area contributed by atoms with Gasteiger partial charge in [0, 0.05) is 0 Å². The van der Waals surface area contributed by atoms with Gasteiger partial charge in [-0.25, -0.2) is 18.4 Å². The Morgan fingerprint density at radius 3 is 1.31 bits per heavy atom. The number of alkyl halides is 6. The number of aromatic nitrogens is 6. The van der Waals surface area contributed by atoms with Crippen molar-refractivity contribution in [1.82, 2.24) is 29.9 Å². The average molecular weight is 1000 g/mol. The maximum Gasteiger partial charge on any atom is 0.433 e. The summed E-state index contributed by atoms with van der Waals surface area (Å²) in [5.74, 6) is -4.78. The zero-order valence-corrected chi connectivity index (χ0v) is 36.9. The van der Waals surface area contributed by atoms with Crippen LogP contribution in [0.15, 0.2) is 57.8 Å². The summed E-state index contributed by atoms with van der Waals surface area (Å²) >= 11 is 12.2. The number of halogens is 10. The summed E-state index contributed by atoms with van der Waals surface area (Å²) in [7, 11) is 0. The second-order valence-corrected chi connectivity index (χ2v) is 18.5. The Hall–Kier alpha value is -5.84. The van der Waals surface area contributed by atoms with Crippen LogP contribution < -0.4 is 0 Å². The van der Waals surface area contributed by atoms with Gasteiger partial charge in [-0.15, -0.1) is 0 Å². The largest absolute Gasteiger partial charge is 0.459 e. The minimum absolute atomic E-state index is 0.0697. The van der Waals surface area contributed by atoms with Crippen LogP contribution in [0.5, 0.6) is 0 Å². The first-order valence-corrected chi connectivity index (χ1v) is 21.7. The lowest BCUT2D eigenvalue weighted by atomic mass is 9.77.